The Morgan fingerprint density at radius 3 is 2.09 bits per heavy atom. The molecule has 1 aliphatic heterocycles. The van der Waals surface area contributed by atoms with E-state index in [1.807, 2.05) is 20.8 Å². The summed E-state index contributed by atoms with van der Waals surface area (Å²) >= 11 is 0. The molecule has 3 nitrogen and oxygen atoms in total. The molecule has 0 saturated carbocycles. The molecule has 0 aromatic rings. The summed E-state index contributed by atoms with van der Waals surface area (Å²) in [6.07, 6.45) is -0.788. The maximum atomic E-state index is 10.9. The molecule has 2 atom stereocenters. The second-order valence-electron chi connectivity index (χ2n) is 3.91. The van der Waals surface area contributed by atoms with Crippen molar-refractivity contribution in [3.05, 3.63) is 0 Å². The summed E-state index contributed by atoms with van der Waals surface area (Å²) in [7, 11) is 0. The predicted molar refractivity (Wildman–Crippen MR) is 39.9 cm³/mol. The van der Waals surface area contributed by atoms with Crippen LogP contribution in [0.15, 0.2) is 0 Å². The number of esters is 1. The summed E-state index contributed by atoms with van der Waals surface area (Å²) in [6, 6.07) is 0. The fourth-order valence-electron chi connectivity index (χ4n) is 0.851. The minimum Gasteiger partial charge on any atom is -0.433 e. The fourth-order valence-corrected chi connectivity index (χ4v) is 0.851. The number of carbonyl (C=O) groups is 1. The van der Waals surface area contributed by atoms with Gasteiger partial charge >= 0.3 is 5.97 Å². The average molecular weight is 158 g/mol. The van der Waals surface area contributed by atoms with E-state index in [9.17, 15) is 4.79 Å². The Hall–Kier alpha value is -0.570. The highest BCUT2D eigenvalue weighted by Gasteiger charge is 2.39. The van der Waals surface area contributed by atoms with Gasteiger partial charge in [-0.2, -0.15) is 0 Å². The van der Waals surface area contributed by atoms with Crippen molar-refractivity contribution < 1.29 is 14.3 Å². The van der Waals surface area contributed by atoms with E-state index in [4.69, 9.17) is 9.47 Å². The van der Waals surface area contributed by atoms with Crippen LogP contribution in [0.25, 0.3) is 0 Å². The van der Waals surface area contributed by atoms with E-state index < -0.39 is 6.10 Å². The zero-order valence-corrected chi connectivity index (χ0v) is 7.38. The fraction of sp³-hybridized carbons (Fsp3) is 0.875. The average Bonchev–Trinajstić information content (AvgIpc) is 2.11. The summed E-state index contributed by atoms with van der Waals surface area (Å²) < 4.78 is 10.2. The van der Waals surface area contributed by atoms with Crippen molar-refractivity contribution in [2.45, 2.75) is 40.1 Å². The van der Waals surface area contributed by atoms with E-state index in [0.717, 1.165) is 0 Å². The van der Waals surface area contributed by atoms with Crippen molar-refractivity contribution in [2.24, 2.45) is 5.41 Å². The van der Waals surface area contributed by atoms with Gasteiger partial charge in [-0.3, -0.25) is 0 Å². The number of hydrogen-bond acceptors (Lipinski definition) is 3. The normalized spacial score (nSPS) is 32.2. The Labute approximate surface area is 66.7 Å². The summed E-state index contributed by atoms with van der Waals surface area (Å²) in [5.74, 6) is -0.259. The highest BCUT2D eigenvalue weighted by Crippen LogP contribution is 2.28. The monoisotopic (exact) mass is 158 g/mol. The van der Waals surface area contributed by atoms with E-state index in [2.05, 4.69) is 0 Å². The summed E-state index contributed by atoms with van der Waals surface area (Å²) in [5, 5.41) is 0. The zero-order valence-electron chi connectivity index (χ0n) is 7.38. The molecule has 0 radical (unpaired) electrons. The van der Waals surface area contributed by atoms with E-state index in [0.29, 0.717) is 0 Å². The lowest BCUT2D eigenvalue weighted by Gasteiger charge is -2.23. The van der Waals surface area contributed by atoms with Crippen LogP contribution in [0.2, 0.25) is 0 Å². The van der Waals surface area contributed by atoms with Gasteiger partial charge in [-0.1, -0.05) is 20.8 Å². The van der Waals surface area contributed by atoms with Crippen LogP contribution in [0.5, 0.6) is 0 Å². The van der Waals surface area contributed by atoms with Crippen LogP contribution < -0.4 is 0 Å². The van der Waals surface area contributed by atoms with Crippen LogP contribution in [0.1, 0.15) is 27.7 Å². The maximum absolute atomic E-state index is 10.9. The van der Waals surface area contributed by atoms with Gasteiger partial charge < -0.3 is 9.47 Å². The quantitative estimate of drug-likeness (QED) is 0.499. The smallest absolute Gasteiger partial charge is 0.337 e. The Morgan fingerprint density at radius 1 is 1.36 bits per heavy atom. The minimum atomic E-state index is -0.403. The lowest BCUT2D eigenvalue weighted by molar-refractivity contribution is -0.154. The third-order valence-corrected chi connectivity index (χ3v) is 1.59. The Balaban J connectivity index is 2.61. The van der Waals surface area contributed by atoms with Gasteiger partial charge in [-0.25, -0.2) is 4.79 Å². The molecular formula is C8H14O3. The molecule has 0 N–H and O–H groups in total. The van der Waals surface area contributed by atoms with Crippen LogP contribution in [0, 0.1) is 5.41 Å². The van der Waals surface area contributed by atoms with Crippen molar-refractivity contribution in [3.8, 4) is 0 Å². The van der Waals surface area contributed by atoms with Gasteiger partial charge in [-0.15, -0.1) is 0 Å². The van der Waals surface area contributed by atoms with Crippen molar-refractivity contribution >= 4 is 5.97 Å². The topological polar surface area (TPSA) is 35.5 Å². The molecule has 0 aromatic carbocycles. The first kappa shape index (κ1) is 8.53. The van der Waals surface area contributed by atoms with Crippen LogP contribution in [-0.4, -0.2) is 18.4 Å². The molecular weight excluding hydrogens is 144 g/mol. The SMILES string of the molecule is C[C@@H]1OC(C(C)(C)C)OC1=O. The summed E-state index contributed by atoms with van der Waals surface area (Å²) in [6.45, 7) is 7.63. The molecule has 1 aliphatic rings. The van der Waals surface area contributed by atoms with Gasteiger partial charge in [0.2, 0.25) is 6.29 Å². The number of hydrogen-bond donors (Lipinski definition) is 0. The molecule has 0 aromatic heterocycles. The number of rotatable bonds is 0. The van der Waals surface area contributed by atoms with Crippen molar-refractivity contribution in [2.75, 3.05) is 0 Å². The standard InChI is InChI=1S/C8H14O3/c1-5-6(9)11-7(10-5)8(2,3)4/h5,7H,1-4H3/t5-,7?/m0/s1. The molecule has 0 aliphatic carbocycles. The van der Waals surface area contributed by atoms with E-state index in [-0.39, 0.29) is 17.7 Å². The Bertz CT molecular complexity index is 169. The minimum absolute atomic E-state index is 0.125. The predicted octanol–water partition coefficient (Wildman–Crippen LogP) is 1.32. The van der Waals surface area contributed by atoms with E-state index >= 15 is 0 Å². The zero-order chi connectivity index (χ0) is 8.65. The van der Waals surface area contributed by atoms with Gasteiger partial charge in [0.25, 0.3) is 0 Å². The number of carbonyl (C=O) groups excluding carboxylic acids is 1. The third kappa shape index (κ3) is 1.71. The first-order valence-electron chi connectivity index (χ1n) is 3.77. The molecule has 1 heterocycles. The molecule has 11 heavy (non-hydrogen) atoms. The third-order valence-electron chi connectivity index (χ3n) is 1.59. The lowest BCUT2D eigenvalue weighted by atomic mass is 9.96. The van der Waals surface area contributed by atoms with Crippen LogP contribution >= 0.6 is 0 Å². The second kappa shape index (κ2) is 2.48. The number of ether oxygens (including phenoxy) is 2. The van der Waals surface area contributed by atoms with Crippen molar-refractivity contribution in [1.29, 1.82) is 0 Å². The van der Waals surface area contributed by atoms with Crippen molar-refractivity contribution in [1.82, 2.24) is 0 Å². The molecule has 1 fully saturated rings. The molecule has 3 heteroatoms. The molecule has 0 bridgehead atoms. The Morgan fingerprint density at radius 2 is 1.91 bits per heavy atom. The van der Waals surface area contributed by atoms with E-state index in [1.54, 1.807) is 6.92 Å². The van der Waals surface area contributed by atoms with Gasteiger partial charge in [0.05, 0.1) is 0 Å². The highest BCUT2D eigenvalue weighted by molar-refractivity contribution is 5.75. The van der Waals surface area contributed by atoms with Crippen molar-refractivity contribution in [3.63, 3.8) is 0 Å². The molecule has 0 amide bonds. The van der Waals surface area contributed by atoms with E-state index in [1.165, 1.54) is 0 Å². The van der Waals surface area contributed by atoms with Crippen LogP contribution in [0.3, 0.4) is 0 Å². The molecule has 64 valence electrons. The first-order valence-corrected chi connectivity index (χ1v) is 3.77. The molecule has 1 saturated heterocycles. The van der Waals surface area contributed by atoms with Gasteiger partial charge in [-0.05, 0) is 6.92 Å². The van der Waals surface area contributed by atoms with Gasteiger partial charge in [0.15, 0.2) is 6.10 Å². The van der Waals surface area contributed by atoms with Crippen LogP contribution in [-0.2, 0) is 14.3 Å². The second-order valence-corrected chi connectivity index (χ2v) is 3.91. The number of cyclic esters (lactones) is 1. The first-order chi connectivity index (χ1) is 4.91. The maximum Gasteiger partial charge on any atom is 0.337 e. The Kier molecular flexibility index (Phi) is 1.92. The summed E-state index contributed by atoms with van der Waals surface area (Å²) in [5.41, 5.74) is -0.125. The molecule has 1 rings (SSSR count). The van der Waals surface area contributed by atoms with Gasteiger partial charge in [0.1, 0.15) is 0 Å². The van der Waals surface area contributed by atoms with Gasteiger partial charge in [0, 0.05) is 5.41 Å². The largest absolute Gasteiger partial charge is 0.433 e. The lowest BCUT2D eigenvalue weighted by Crippen LogP contribution is -2.27. The molecule has 0 spiro atoms. The van der Waals surface area contributed by atoms with Crippen LogP contribution in [0.4, 0.5) is 0 Å². The molecule has 1 unspecified atom stereocenters. The summed E-state index contributed by atoms with van der Waals surface area (Å²) in [4.78, 5) is 10.9. The highest BCUT2D eigenvalue weighted by atomic mass is 16.8.